The molecular weight excluding hydrogens is 579 g/mol. The molecule has 2 unspecified atom stereocenters. The first kappa shape index (κ1) is 25.6. The van der Waals surface area contributed by atoms with Gasteiger partial charge in [0.2, 0.25) is 0 Å². The average molecular weight is 607 g/mol. The molecule has 0 saturated carbocycles. The van der Waals surface area contributed by atoms with Crippen molar-refractivity contribution in [1.29, 1.82) is 0 Å². The van der Waals surface area contributed by atoms with Crippen molar-refractivity contribution in [2.75, 3.05) is 0 Å². The molecule has 0 saturated heterocycles. The summed E-state index contributed by atoms with van der Waals surface area (Å²) in [6.07, 6.45) is -0.278. The third kappa shape index (κ3) is 6.94. The van der Waals surface area contributed by atoms with Gasteiger partial charge in [0.25, 0.3) is 0 Å². The molecule has 169 valence electrons. The molecule has 0 aliphatic carbocycles. The van der Waals surface area contributed by atoms with E-state index in [0.717, 1.165) is 28.5 Å². The maximum Gasteiger partial charge on any atom is 0.159 e. The van der Waals surface area contributed by atoms with E-state index in [9.17, 15) is 0 Å². The van der Waals surface area contributed by atoms with Crippen LogP contribution < -0.4 is 0 Å². The monoisotopic (exact) mass is 607 g/mol. The van der Waals surface area contributed by atoms with Crippen LogP contribution in [-0.4, -0.2) is 37.2 Å². The summed E-state index contributed by atoms with van der Waals surface area (Å²) in [5.74, 6) is 1.62. The van der Waals surface area contributed by atoms with Crippen molar-refractivity contribution >= 4 is 0 Å². The fourth-order valence-electron chi connectivity index (χ4n) is 3.27. The largest absolute Gasteiger partial charge is 0.393 e. The van der Waals surface area contributed by atoms with Gasteiger partial charge in [0, 0.05) is 31.4 Å². The van der Waals surface area contributed by atoms with Crippen LogP contribution in [0.1, 0.15) is 25.8 Å². The smallest absolute Gasteiger partial charge is 0.159 e. The van der Waals surface area contributed by atoms with Crippen LogP contribution in [0.15, 0.2) is 78.9 Å². The van der Waals surface area contributed by atoms with Crippen molar-refractivity contribution in [3.8, 4) is 28.5 Å². The van der Waals surface area contributed by atoms with Crippen molar-refractivity contribution in [2.24, 2.45) is 0 Å². The standard InChI is InChI=1S/C21H16N3.C5H12O2.Ir/c1-16-9-8-14-19(15-16)24-20(17-10-4-2-5-11-17)22-23-21(24)18-12-6-3-7-13-18;1-4(6)3-5(2)7;/h2-12,14-15H,1H3;4-7H,3H2,1-2H3;/q-1;;. The van der Waals surface area contributed by atoms with Crippen LogP contribution in [0.2, 0.25) is 0 Å². The van der Waals surface area contributed by atoms with Crippen LogP contribution >= 0.6 is 0 Å². The van der Waals surface area contributed by atoms with Gasteiger partial charge in [-0.2, -0.15) is 5.10 Å². The molecule has 4 rings (SSSR count). The number of benzene rings is 3. The topological polar surface area (TPSA) is 71.2 Å². The minimum Gasteiger partial charge on any atom is -0.393 e. The Bertz CT molecular complexity index is 1020. The predicted molar refractivity (Wildman–Crippen MR) is 124 cm³/mol. The summed E-state index contributed by atoms with van der Waals surface area (Å²) in [6, 6.07) is 29.6. The number of aliphatic hydroxyl groups is 2. The summed E-state index contributed by atoms with van der Waals surface area (Å²) in [6.45, 7) is 5.41. The fraction of sp³-hybridized carbons (Fsp3) is 0.231. The first-order chi connectivity index (χ1) is 15.0. The van der Waals surface area contributed by atoms with Crippen molar-refractivity contribution in [3.05, 3.63) is 90.5 Å². The zero-order chi connectivity index (χ0) is 22.2. The molecule has 3 aromatic carbocycles. The Hall–Kier alpha value is -2.63. The Balaban J connectivity index is 0.000000398. The van der Waals surface area contributed by atoms with E-state index in [1.807, 2.05) is 42.5 Å². The second kappa shape index (κ2) is 12.4. The minimum absolute atomic E-state index is 0. The zero-order valence-electron chi connectivity index (χ0n) is 18.4. The molecule has 2 N–H and O–H groups in total. The Morgan fingerprint density at radius 3 is 2.06 bits per heavy atom. The van der Waals surface area contributed by atoms with E-state index < -0.39 is 0 Å². The van der Waals surface area contributed by atoms with Gasteiger partial charge in [0.05, 0.1) is 18.0 Å². The molecule has 5 nitrogen and oxygen atoms in total. The summed E-state index contributed by atoms with van der Waals surface area (Å²) in [4.78, 5) is 0. The summed E-state index contributed by atoms with van der Waals surface area (Å²) in [5.41, 5.74) is 4.21. The number of aliphatic hydroxyl groups excluding tert-OH is 2. The van der Waals surface area contributed by atoms with Gasteiger partial charge in [-0.25, -0.2) is 0 Å². The third-order valence-corrected chi connectivity index (χ3v) is 4.59. The van der Waals surface area contributed by atoms with E-state index in [0.29, 0.717) is 6.42 Å². The van der Waals surface area contributed by atoms with E-state index in [1.165, 1.54) is 5.56 Å². The van der Waals surface area contributed by atoms with Gasteiger partial charge in [-0.15, -0.1) is 41.0 Å². The van der Waals surface area contributed by atoms with Gasteiger partial charge in [0.1, 0.15) is 0 Å². The van der Waals surface area contributed by atoms with E-state index in [2.05, 4.69) is 64.2 Å². The molecule has 32 heavy (non-hydrogen) atoms. The fourth-order valence-corrected chi connectivity index (χ4v) is 3.27. The summed E-state index contributed by atoms with van der Waals surface area (Å²) >= 11 is 0. The molecule has 0 fully saturated rings. The van der Waals surface area contributed by atoms with Crippen LogP contribution in [0.5, 0.6) is 0 Å². The SMILES string of the molecule is CC(O)CC(C)O.Cc1cccc(-n2c(-c3[c-]cccc3)nnc2-c2ccccc2)c1.[Ir]. The van der Waals surface area contributed by atoms with Gasteiger partial charge in [-0.3, -0.25) is 0 Å². The normalized spacial score (nSPS) is 12.2. The second-order valence-electron chi connectivity index (χ2n) is 7.60. The molecule has 4 aromatic rings. The van der Waals surface area contributed by atoms with Gasteiger partial charge >= 0.3 is 0 Å². The second-order valence-corrected chi connectivity index (χ2v) is 7.60. The van der Waals surface area contributed by atoms with Gasteiger partial charge in [-0.1, -0.05) is 42.5 Å². The molecule has 1 aromatic heterocycles. The number of aromatic nitrogens is 3. The first-order valence-corrected chi connectivity index (χ1v) is 10.4. The number of hydrogen-bond acceptors (Lipinski definition) is 4. The average Bonchev–Trinajstić information content (AvgIpc) is 3.20. The Morgan fingerprint density at radius 1 is 0.844 bits per heavy atom. The first-order valence-electron chi connectivity index (χ1n) is 10.4. The molecule has 6 heteroatoms. The van der Waals surface area contributed by atoms with Crippen molar-refractivity contribution in [3.63, 3.8) is 0 Å². The van der Waals surface area contributed by atoms with E-state index in [1.54, 1.807) is 13.8 Å². The minimum atomic E-state index is -0.375. The Kier molecular flexibility index (Phi) is 9.94. The van der Waals surface area contributed by atoms with Crippen LogP contribution in [-0.2, 0) is 20.1 Å². The van der Waals surface area contributed by atoms with E-state index in [4.69, 9.17) is 10.2 Å². The number of aryl methyl sites for hydroxylation is 1. The molecule has 1 heterocycles. The number of rotatable bonds is 5. The molecule has 0 bridgehead atoms. The Labute approximate surface area is 203 Å². The molecule has 0 aliphatic rings. The van der Waals surface area contributed by atoms with E-state index >= 15 is 0 Å². The quantitative estimate of drug-likeness (QED) is 0.319. The van der Waals surface area contributed by atoms with Crippen LogP contribution in [0.25, 0.3) is 28.5 Å². The molecule has 2 atom stereocenters. The summed E-state index contributed by atoms with van der Waals surface area (Å²) in [7, 11) is 0. The van der Waals surface area contributed by atoms with Crippen molar-refractivity contribution < 1.29 is 30.3 Å². The molecule has 0 aliphatic heterocycles. The third-order valence-electron chi connectivity index (χ3n) is 4.59. The van der Waals surface area contributed by atoms with Gasteiger partial charge < -0.3 is 14.8 Å². The molecule has 0 spiro atoms. The van der Waals surface area contributed by atoms with Crippen molar-refractivity contribution in [1.82, 2.24) is 14.8 Å². The van der Waals surface area contributed by atoms with Gasteiger partial charge in [0.15, 0.2) is 5.82 Å². The van der Waals surface area contributed by atoms with Crippen molar-refractivity contribution in [2.45, 2.75) is 39.4 Å². The molecule has 0 amide bonds. The number of nitrogens with zero attached hydrogens (tertiary/aromatic N) is 3. The van der Waals surface area contributed by atoms with Crippen LogP contribution in [0, 0.1) is 13.0 Å². The van der Waals surface area contributed by atoms with E-state index in [-0.39, 0.29) is 32.3 Å². The molecule has 1 radical (unpaired) electrons. The predicted octanol–water partition coefficient (Wildman–Crippen LogP) is 4.85. The maximum absolute atomic E-state index is 8.56. The zero-order valence-corrected chi connectivity index (χ0v) is 20.8. The maximum atomic E-state index is 8.56. The Morgan fingerprint density at radius 2 is 1.50 bits per heavy atom. The summed E-state index contributed by atoms with van der Waals surface area (Å²) < 4.78 is 2.09. The van der Waals surface area contributed by atoms with Crippen LogP contribution in [0.3, 0.4) is 0 Å². The van der Waals surface area contributed by atoms with Gasteiger partial charge in [-0.05, 0) is 44.9 Å². The summed E-state index contributed by atoms with van der Waals surface area (Å²) in [5, 5.41) is 26.0. The molecular formula is C26H28IrN3O2-. The number of hydrogen-bond donors (Lipinski definition) is 2. The van der Waals surface area contributed by atoms with Crippen LogP contribution in [0.4, 0.5) is 0 Å².